The Morgan fingerprint density at radius 2 is 1.42 bits per heavy atom. The van der Waals surface area contributed by atoms with Crippen LogP contribution in [0.1, 0.15) is 0 Å². The third kappa shape index (κ3) is 3.45. The highest BCUT2D eigenvalue weighted by atomic mass is 32.2. The van der Waals surface area contributed by atoms with Crippen molar-refractivity contribution in [2.24, 2.45) is 5.14 Å². The van der Waals surface area contributed by atoms with Crippen LogP contribution in [-0.2, 0) is 20.0 Å². The average molecular weight is 370 g/mol. The van der Waals surface area contributed by atoms with Crippen LogP contribution in [0.25, 0.3) is 0 Å². The van der Waals surface area contributed by atoms with Crippen LogP contribution in [0.3, 0.4) is 0 Å². The Balaban J connectivity index is 1.86. The molecule has 0 saturated carbocycles. The monoisotopic (exact) mass is 370 g/mol. The van der Waals surface area contributed by atoms with Crippen molar-refractivity contribution < 1.29 is 26.3 Å². The lowest BCUT2D eigenvalue weighted by molar-refractivity contribution is 0.171. The van der Waals surface area contributed by atoms with Gasteiger partial charge in [-0.1, -0.05) is 0 Å². The molecule has 0 amide bonds. The summed E-state index contributed by atoms with van der Waals surface area (Å²) < 4.78 is 60.3. The quantitative estimate of drug-likeness (QED) is 0.824. The van der Waals surface area contributed by atoms with E-state index in [2.05, 4.69) is 4.72 Å². The Kier molecular flexibility index (Phi) is 4.11. The fourth-order valence-electron chi connectivity index (χ4n) is 2.13. The van der Waals surface area contributed by atoms with Gasteiger partial charge in [0.05, 0.1) is 15.5 Å². The molecule has 0 bridgehead atoms. The van der Waals surface area contributed by atoms with Gasteiger partial charge in [-0.05, 0) is 36.4 Å². The first-order valence-electron chi connectivity index (χ1n) is 6.81. The first-order chi connectivity index (χ1) is 11.3. The second-order valence-electron chi connectivity index (χ2n) is 4.98. The highest BCUT2D eigenvalue weighted by molar-refractivity contribution is 7.92. The first kappa shape index (κ1) is 16.6. The van der Waals surface area contributed by atoms with E-state index in [9.17, 15) is 16.8 Å². The second-order valence-corrected chi connectivity index (χ2v) is 8.22. The zero-order valence-corrected chi connectivity index (χ0v) is 13.9. The maximum atomic E-state index is 12.4. The van der Waals surface area contributed by atoms with Crippen molar-refractivity contribution in [3.8, 4) is 11.5 Å². The summed E-state index contributed by atoms with van der Waals surface area (Å²) in [6, 6.07) is 9.27. The standard InChI is InChI=1S/C14H14N2O6S2/c15-23(17,18)11-2-4-12(5-3-11)24(19,20)16-10-1-6-13-14(9-10)22-8-7-21-13/h1-6,9,16H,7-8H2,(H2,15,17,18). The van der Waals surface area contributed by atoms with Crippen LogP contribution in [0, 0.1) is 0 Å². The van der Waals surface area contributed by atoms with E-state index in [1.165, 1.54) is 18.2 Å². The van der Waals surface area contributed by atoms with Gasteiger partial charge in [-0.25, -0.2) is 22.0 Å². The fraction of sp³-hybridized carbons (Fsp3) is 0.143. The Labute approximate surface area is 139 Å². The van der Waals surface area contributed by atoms with Gasteiger partial charge in [-0.3, -0.25) is 4.72 Å². The van der Waals surface area contributed by atoms with E-state index in [0.29, 0.717) is 30.4 Å². The number of nitrogens with two attached hydrogens (primary N) is 1. The molecule has 0 fully saturated rings. The Hall–Kier alpha value is -2.30. The van der Waals surface area contributed by atoms with E-state index in [4.69, 9.17) is 14.6 Å². The topological polar surface area (TPSA) is 125 Å². The number of rotatable bonds is 4. The summed E-state index contributed by atoms with van der Waals surface area (Å²) in [5, 5.41) is 4.99. The maximum Gasteiger partial charge on any atom is 0.261 e. The lowest BCUT2D eigenvalue weighted by atomic mass is 10.3. The zero-order chi connectivity index (χ0) is 17.4. The number of ether oxygens (including phenoxy) is 2. The minimum atomic E-state index is -3.88. The van der Waals surface area contributed by atoms with Gasteiger partial charge >= 0.3 is 0 Å². The van der Waals surface area contributed by atoms with Gasteiger partial charge in [0.25, 0.3) is 10.0 Å². The zero-order valence-electron chi connectivity index (χ0n) is 12.3. The summed E-state index contributed by atoms with van der Waals surface area (Å²) in [4.78, 5) is -0.259. The number of benzene rings is 2. The number of hydrogen-bond donors (Lipinski definition) is 2. The molecule has 2 aromatic rings. The number of fused-ring (bicyclic) bond motifs is 1. The van der Waals surface area contributed by atoms with Gasteiger partial charge in [0.15, 0.2) is 11.5 Å². The van der Waals surface area contributed by atoms with Crippen molar-refractivity contribution in [2.45, 2.75) is 9.79 Å². The fourth-order valence-corrected chi connectivity index (χ4v) is 3.69. The average Bonchev–Trinajstić information content (AvgIpc) is 2.54. The molecule has 1 heterocycles. The van der Waals surface area contributed by atoms with Crippen molar-refractivity contribution in [3.63, 3.8) is 0 Å². The third-order valence-corrected chi connectivity index (χ3v) is 5.58. The van der Waals surface area contributed by atoms with Crippen LogP contribution in [0.2, 0.25) is 0 Å². The number of hydrogen-bond acceptors (Lipinski definition) is 6. The van der Waals surface area contributed by atoms with E-state index < -0.39 is 20.0 Å². The number of nitrogens with one attached hydrogen (secondary N) is 1. The van der Waals surface area contributed by atoms with Gasteiger partial charge in [-0.2, -0.15) is 0 Å². The molecule has 0 aromatic heterocycles. The van der Waals surface area contributed by atoms with Crippen LogP contribution < -0.4 is 19.3 Å². The van der Waals surface area contributed by atoms with E-state index in [-0.39, 0.29) is 9.79 Å². The highest BCUT2D eigenvalue weighted by Crippen LogP contribution is 2.33. The third-order valence-electron chi connectivity index (χ3n) is 3.26. The minimum Gasteiger partial charge on any atom is -0.486 e. The molecule has 0 spiro atoms. The predicted molar refractivity (Wildman–Crippen MR) is 86.1 cm³/mol. The molecule has 24 heavy (non-hydrogen) atoms. The van der Waals surface area contributed by atoms with Crippen molar-refractivity contribution in [1.29, 1.82) is 0 Å². The minimum absolute atomic E-state index is 0.0928. The van der Waals surface area contributed by atoms with E-state index in [1.54, 1.807) is 12.1 Å². The van der Waals surface area contributed by atoms with Gasteiger partial charge in [-0.15, -0.1) is 0 Å². The number of primary sulfonamides is 1. The van der Waals surface area contributed by atoms with Gasteiger partial charge < -0.3 is 9.47 Å². The van der Waals surface area contributed by atoms with Gasteiger partial charge in [0, 0.05) is 6.07 Å². The summed E-state index contributed by atoms with van der Waals surface area (Å²) in [6.45, 7) is 0.826. The molecule has 10 heteroatoms. The van der Waals surface area contributed by atoms with E-state index in [1.807, 2.05) is 0 Å². The van der Waals surface area contributed by atoms with Crippen molar-refractivity contribution in [1.82, 2.24) is 0 Å². The van der Waals surface area contributed by atoms with Crippen LogP contribution in [-0.4, -0.2) is 30.0 Å². The van der Waals surface area contributed by atoms with Crippen LogP contribution in [0.5, 0.6) is 11.5 Å². The summed E-state index contributed by atoms with van der Waals surface area (Å²) in [6.07, 6.45) is 0. The smallest absolute Gasteiger partial charge is 0.261 e. The molecular formula is C14H14N2O6S2. The predicted octanol–water partition coefficient (Wildman–Crippen LogP) is 0.906. The number of sulfonamides is 2. The molecule has 0 saturated heterocycles. The molecule has 128 valence electrons. The Morgan fingerprint density at radius 3 is 2.04 bits per heavy atom. The molecule has 0 aliphatic carbocycles. The summed E-state index contributed by atoms with van der Waals surface area (Å²) in [7, 11) is -7.76. The Morgan fingerprint density at radius 1 is 0.833 bits per heavy atom. The van der Waals surface area contributed by atoms with Crippen LogP contribution >= 0.6 is 0 Å². The first-order valence-corrected chi connectivity index (χ1v) is 9.84. The van der Waals surface area contributed by atoms with E-state index in [0.717, 1.165) is 12.1 Å². The van der Waals surface area contributed by atoms with Crippen LogP contribution in [0.4, 0.5) is 5.69 Å². The molecule has 0 atom stereocenters. The summed E-state index contributed by atoms with van der Waals surface area (Å²) >= 11 is 0. The number of anilines is 1. The molecule has 1 aliphatic heterocycles. The SMILES string of the molecule is NS(=O)(=O)c1ccc(S(=O)(=O)Nc2ccc3c(c2)OCCO3)cc1. The molecule has 3 N–H and O–H groups in total. The molecule has 8 nitrogen and oxygen atoms in total. The highest BCUT2D eigenvalue weighted by Gasteiger charge is 2.18. The van der Waals surface area contributed by atoms with Gasteiger partial charge in [0.1, 0.15) is 13.2 Å². The largest absolute Gasteiger partial charge is 0.486 e. The van der Waals surface area contributed by atoms with Crippen molar-refractivity contribution in [2.75, 3.05) is 17.9 Å². The van der Waals surface area contributed by atoms with Crippen LogP contribution in [0.15, 0.2) is 52.3 Å². The lowest BCUT2D eigenvalue weighted by Crippen LogP contribution is -2.17. The summed E-state index contributed by atoms with van der Waals surface area (Å²) in [5.74, 6) is 0.993. The van der Waals surface area contributed by atoms with Crippen molar-refractivity contribution in [3.05, 3.63) is 42.5 Å². The second kappa shape index (κ2) is 5.96. The van der Waals surface area contributed by atoms with Crippen molar-refractivity contribution >= 4 is 25.7 Å². The van der Waals surface area contributed by atoms with E-state index >= 15 is 0 Å². The molecule has 3 rings (SSSR count). The lowest BCUT2D eigenvalue weighted by Gasteiger charge is -2.19. The molecule has 0 radical (unpaired) electrons. The molecule has 0 unspecified atom stereocenters. The van der Waals surface area contributed by atoms with Gasteiger partial charge in [0.2, 0.25) is 10.0 Å². The molecule has 2 aromatic carbocycles. The molecular weight excluding hydrogens is 356 g/mol. The Bertz CT molecular complexity index is 969. The maximum absolute atomic E-state index is 12.4. The molecule has 1 aliphatic rings. The normalized spacial score (nSPS) is 14.2. The summed E-state index contributed by atoms with van der Waals surface area (Å²) in [5.41, 5.74) is 0.301.